The van der Waals surface area contributed by atoms with Crippen LogP contribution in [0.5, 0.6) is 0 Å². The van der Waals surface area contributed by atoms with E-state index in [1.807, 2.05) is 0 Å². The van der Waals surface area contributed by atoms with Crippen LogP contribution in [0.1, 0.15) is 147 Å². The number of aromatic nitrogens is 2. The molecule has 2 nitrogen and oxygen atoms in total. The summed E-state index contributed by atoms with van der Waals surface area (Å²) >= 11 is 0. The quantitative estimate of drug-likeness (QED) is 0.101. The molecule has 0 atom stereocenters. The Kier molecular flexibility index (Phi) is 18.3. The summed E-state index contributed by atoms with van der Waals surface area (Å²) in [4.78, 5) is 0. The van der Waals surface area contributed by atoms with Gasteiger partial charge in [-0.2, -0.15) is 0 Å². The van der Waals surface area contributed by atoms with Crippen molar-refractivity contribution in [3.8, 4) is 0 Å². The van der Waals surface area contributed by atoms with Crippen molar-refractivity contribution in [2.24, 2.45) is 0 Å². The third kappa shape index (κ3) is 14.2. The van der Waals surface area contributed by atoms with Gasteiger partial charge in [-0.15, -0.1) is 0 Å². The SMILES string of the molecule is CCCCCCCCCCCCn1cc[n+](CCCc2ccccc2)c1CCCCCCCCCC. The fraction of sp³-hybridized carbons (Fsp3) is 0.735. The lowest BCUT2D eigenvalue weighted by atomic mass is 10.1. The fourth-order valence-corrected chi connectivity index (χ4v) is 5.48. The summed E-state index contributed by atoms with van der Waals surface area (Å²) in [6, 6.07) is 11.0. The maximum absolute atomic E-state index is 2.59. The number of aryl methyl sites for hydroxylation is 3. The number of nitrogens with zero attached hydrogens (tertiary/aromatic N) is 2. The Morgan fingerprint density at radius 3 is 1.67 bits per heavy atom. The van der Waals surface area contributed by atoms with Gasteiger partial charge in [-0.05, 0) is 37.7 Å². The van der Waals surface area contributed by atoms with Gasteiger partial charge >= 0.3 is 0 Å². The second kappa shape index (κ2) is 21.5. The summed E-state index contributed by atoms with van der Waals surface area (Å²) < 4.78 is 5.16. The van der Waals surface area contributed by atoms with E-state index in [1.165, 1.54) is 147 Å². The highest BCUT2D eigenvalue weighted by Crippen LogP contribution is 2.14. The summed E-state index contributed by atoms with van der Waals surface area (Å²) in [7, 11) is 0. The lowest BCUT2D eigenvalue weighted by molar-refractivity contribution is -0.704. The van der Waals surface area contributed by atoms with Gasteiger partial charge in [-0.1, -0.05) is 140 Å². The van der Waals surface area contributed by atoms with Crippen LogP contribution >= 0.6 is 0 Å². The first-order chi connectivity index (χ1) is 17.8. The number of rotatable bonds is 24. The zero-order valence-corrected chi connectivity index (χ0v) is 24.2. The van der Waals surface area contributed by atoms with E-state index in [9.17, 15) is 0 Å². The standard InChI is InChI=1S/C34H59N2/c1-3-5-7-9-11-13-14-16-18-23-29-35-31-32-36(30-24-27-33-25-20-19-21-26-33)34(35)28-22-17-15-12-10-8-6-4-2/h19-21,25-26,31-32H,3-18,22-24,27-30H2,1-2H3/q+1. The first-order valence-corrected chi connectivity index (χ1v) is 16.0. The number of benzene rings is 1. The van der Waals surface area contributed by atoms with Gasteiger partial charge in [-0.3, -0.25) is 0 Å². The molecule has 0 aliphatic heterocycles. The topological polar surface area (TPSA) is 8.81 Å². The minimum absolute atomic E-state index is 1.15. The highest BCUT2D eigenvalue weighted by atomic mass is 15.1. The summed E-state index contributed by atoms with van der Waals surface area (Å²) in [6.45, 7) is 6.96. The van der Waals surface area contributed by atoms with E-state index in [2.05, 4.69) is 65.7 Å². The lowest BCUT2D eigenvalue weighted by Crippen LogP contribution is -2.37. The van der Waals surface area contributed by atoms with Crippen molar-refractivity contribution in [2.75, 3.05) is 0 Å². The second-order valence-corrected chi connectivity index (χ2v) is 11.1. The Morgan fingerprint density at radius 2 is 1.08 bits per heavy atom. The molecule has 1 aromatic heterocycles. The fourth-order valence-electron chi connectivity index (χ4n) is 5.48. The van der Waals surface area contributed by atoms with E-state index in [-0.39, 0.29) is 0 Å². The van der Waals surface area contributed by atoms with Gasteiger partial charge in [-0.25, -0.2) is 9.13 Å². The molecule has 0 saturated heterocycles. The zero-order chi connectivity index (χ0) is 25.5. The number of imidazole rings is 1. The van der Waals surface area contributed by atoms with Crippen molar-refractivity contribution < 1.29 is 4.57 Å². The number of unbranched alkanes of at least 4 members (excludes halogenated alkanes) is 16. The zero-order valence-electron chi connectivity index (χ0n) is 24.2. The van der Waals surface area contributed by atoms with Crippen molar-refractivity contribution in [3.05, 3.63) is 54.1 Å². The average Bonchev–Trinajstić information content (AvgIpc) is 3.28. The molecule has 2 rings (SSSR count). The van der Waals surface area contributed by atoms with Gasteiger partial charge in [0, 0.05) is 6.42 Å². The normalized spacial score (nSPS) is 11.4. The third-order valence-electron chi connectivity index (χ3n) is 7.80. The average molecular weight is 496 g/mol. The van der Waals surface area contributed by atoms with E-state index < -0.39 is 0 Å². The molecule has 0 N–H and O–H groups in total. The molecular formula is C34H59N2+. The molecular weight excluding hydrogens is 436 g/mol. The summed E-state index contributed by atoms with van der Waals surface area (Å²) in [5.74, 6) is 1.57. The van der Waals surface area contributed by atoms with E-state index in [0.717, 1.165) is 6.54 Å². The van der Waals surface area contributed by atoms with Crippen LogP contribution in [0.2, 0.25) is 0 Å². The van der Waals surface area contributed by atoms with Crippen LogP contribution in [0.25, 0.3) is 0 Å². The molecule has 1 aromatic carbocycles. The van der Waals surface area contributed by atoms with E-state index in [1.54, 1.807) is 5.82 Å². The molecule has 2 aromatic rings. The van der Waals surface area contributed by atoms with Crippen molar-refractivity contribution in [1.82, 2.24) is 4.57 Å². The van der Waals surface area contributed by atoms with Crippen LogP contribution in [0.15, 0.2) is 42.7 Å². The smallest absolute Gasteiger partial charge is 0.234 e. The van der Waals surface area contributed by atoms with Crippen LogP contribution < -0.4 is 4.57 Å². The van der Waals surface area contributed by atoms with Crippen LogP contribution in [0.4, 0.5) is 0 Å². The van der Waals surface area contributed by atoms with Crippen molar-refractivity contribution in [3.63, 3.8) is 0 Å². The maximum Gasteiger partial charge on any atom is 0.256 e. The van der Waals surface area contributed by atoms with Gasteiger partial charge in [0.15, 0.2) is 0 Å². The lowest BCUT2D eigenvalue weighted by Gasteiger charge is -2.07. The first-order valence-electron chi connectivity index (χ1n) is 16.0. The van der Waals surface area contributed by atoms with Crippen molar-refractivity contribution in [1.29, 1.82) is 0 Å². The predicted molar refractivity (Wildman–Crippen MR) is 158 cm³/mol. The van der Waals surface area contributed by atoms with Gasteiger partial charge in [0.05, 0.1) is 13.1 Å². The maximum atomic E-state index is 2.59. The van der Waals surface area contributed by atoms with Crippen LogP contribution in [-0.4, -0.2) is 4.57 Å². The Labute approximate surface area is 224 Å². The highest BCUT2D eigenvalue weighted by molar-refractivity contribution is 5.14. The Bertz CT molecular complexity index is 733. The molecule has 0 fully saturated rings. The molecule has 0 aliphatic rings. The molecule has 2 heteroatoms. The molecule has 36 heavy (non-hydrogen) atoms. The van der Waals surface area contributed by atoms with Gasteiger partial charge in [0.25, 0.3) is 5.82 Å². The van der Waals surface area contributed by atoms with Gasteiger partial charge in [0.2, 0.25) is 0 Å². The molecule has 1 heterocycles. The van der Waals surface area contributed by atoms with E-state index >= 15 is 0 Å². The Hall–Kier alpha value is -1.57. The Morgan fingerprint density at radius 1 is 0.556 bits per heavy atom. The minimum atomic E-state index is 1.15. The molecule has 0 bridgehead atoms. The van der Waals surface area contributed by atoms with Crippen molar-refractivity contribution in [2.45, 2.75) is 162 Å². The molecule has 0 radical (unpaired) electrons. The summed E-state index contributed by atoms with van der Waals surface area (Å²) in [5.41, 5.74) is 1.47. The highest BCUT2D eigenvalue weighted by Gasteiger charge is 2.16. The third-order valence-corrected chi connectivity index (χ3v) is 7.80. The Balaban J connectivity index is 1.73. The first kappa shape index (κ1) is 30.7. The molecule has 0 unspecified atom stereocenters. The van der Waals surface area contributed by atoms with E-state index in [0.29, 0.717) is 0 Å². The number of hydrogen-bond donors (Lipinski definition) is 0. The molecule has 0 spiro atoms. The van der Waals surface area contributed by atoms with Gasteiger partial charge < -0.3 is 0 Å². The summed E-state index contributed by atoms with van der Waals surface area (Å²) in [6.07, 6.45) is 33.7. The molecule has 0 amide bonds. The van der Waals surface area contributed by atoms with Crippen molar-refractivity contribution >= 4 is 0 Å². The molecule has 204 valence electrons. The monoisotopic (exact) mass is 495 g/mol. The second-order valence-electron chi connectivity index (χ2n) is 11.1. The van der Waals surface area contributed by atoms with Gasteiger partial charge in [0.1, 0.15) is 12.4 Å². The minimum Gasteiger partial charge on any atom is -0.234 e. The summed E-state index contributed by atoms with van der Waals surface area (Å²) in [5, 5.41) is 0. The van der Waals surface area contributed by atoms with Crippen LogP contribution in [0.3, 0.4) is 0 Å². The largest absolute Gasteiger partial charge is 0.256 e. The predicted octanol–water partition coefficient (Wildman–Crippen LogP) is 10.0. The molecule has 0 aliphatic carbocycles. The van der Waals surface area contributed by atoms with E-state index in [4.69, 9.17) is 0 Å². The number of hydrogen-bond acceptors (Lipinski definition) is 0. The molecule has 0 saturated carbocycles. The van der Waals surface area contributed by atoms with Crippen LogP contribution in [0, 0.1) is 0 Å². The van der Waals surface area contributed by atoms with Crippen LogP contribution in [-0.2, 0) is 25.9 Å².